The fourth-order valence-electron chi connectivity index (χ4n) is 1.41. The maximum Gasteiger partial charge on any atom is 0.123 e. The molecule has 2 heterocycles. The third-order valence-electron chi connectivity index (χ3n) is 2.21. The molecule has 0 aliphatic carbocycles. The van der Waals surface area contributed by atoms with Gasteiger partial charge in [0.2, 0.25) is 0 Å². The van der Waals surface area contributed by atoms with Crippen LogP contribution < -0.4 is 5.32 Å². The van der Waals surface area contributed by atoms with E-state index in [-0.39, 0.29) is 12.6 Å². The van der Waals surface area contributed by atoms with Gasteiger partial charge in [0.15, 0.2) is 0 Å². The molecule has 16 heavy (non-hydrogen) atoms. The van der Waals surface area contributed by atoms with Crippen LogP contribution in [-0.4, -0.2) is 11.7 Å². The summed E-state index contributed by atoms with van der Waals surface area (Å²) in [5, 5.41) is 14.5. The van der Waals surface area contributed by atoms with Crippen molar-refractivity contribution >= 4 is 27.3 Å². The predicted octanol–water partition coefficient (Wildman–Crippen LogP) is 2.93. The van der Waals surface area contributed by atoms with Crippen LogP contribution in [0.2, 0.25) is 0 Å². The van der Waals surface area contributed by atoms with Crippen molar-refractivity contribution in [3.8, 4) is 0 Å². The molecule has 0 aliphatic heterocycles. The van der Waals surface area contributed by atoms with Gasteiger partial charge in [-0.05, 0) is 34.1 Å². The van der Waals surface area contributed by atoms with Crippen molar-refractivity contribution in [2.24, 2.45) is 0 Å². The van der Waals surface area contributed by atoms with E-state index >= 15 is 0 Å². The monoisotopic (exact) mass is 301 g/mol. The zero-order valence-corrected chi connectivity index (χ0v) is 10.9. The molecule has 2 N–H and O–H groups in total. The zero-order valence-electron chi connectivity index (χ0n) is 8.52. The highest BCUT2D eigenvalue weighted by atomic mass is 79.9. The topological polar surface area (TPSA) is 45.4 Å². The molecule has 1 unspecified atom stereocenters. The van der Waals surface area contributed by atoms with Crippen LogP contribution in [0, 0.1) is 0 Å². The molecule has 0 radical (unpaired) electrons. The van der Waals surface area contributed by atoms with Crippen LogP contribution >= 0.6 is 27.3 Å². The molecule has 3 nitrogen and oxygen atoms in total. The van der Waals surface area contributed by atoms with Crippen molar-refractivity contribution in [2.45, 2.75) is 12.6 Å². The number of rotatable bonds is 5. The van der Waals surface area contributed by atoms with Crippen molar-refractivity contribution in [1.82, 2.24) is 5.32 Å². The number of halogens is 1. The van der Waals surface area contributed by atoms with Gasteiger partial charge in [-0.15, -0.1) is 11.3 Å². The van der Waals surface area contributed by atoms with E-state index in [4.69, 9.17) is 4.42 Å². The fraction of sp³-hybridized carbons (Fsp3) is 0.273. The first-order valence-corrected chi connectivity index (χ1v) is 6.57. The Hall–Kier alpha value is -0.620. The molecule has 5 heteroatoms. The first-order valence-electron chi connectivity index (χ1n) is 4.90. The second kappa shape index (κ2) is 5.63. The molecule has 0 saturated heterocycles. The normalized spacial score (nSPS) is 12.9. The van der Waals surface area contributed by atoms with Crippen LogP contribution in [0.5, 0.6) is 0 Å². The van der Waals surface area contributed by atoms with E-state index in [9.17, 15) is 5.11 Å². The quantitative estimate of drug-likeness (QED) is 0.892. The van der Waals surface area contributed by atoms with E-state index in [1.165, 1.54) is 4.88 Å². The highest BCUT2D eigenvalue weighted by molar-refractivity contribution is 9.10. The lowest BCUT2D eigenvalue weighted by atomic mass is 10.2. The summed E-state index contributed by atoms with van der Waals surface area (Å²) in [6.07, 6.45) is 1.61. The predicted molar refractivity (Wildman–Crippen MR) is 67.4 cm³/mol. The molecular formula is C11H12BrNO2S. The van der Waals surface area contributed by atoms with Crippen LogP contribution in [0.3, 0.4) is 0 Å². The number of hydrogen-bond donors (Lipinski definition) is 2. The summed E-state index contributed by atoms with van der Waals surface area (Å²) >= 11 is 5.09. The lowest BCUT2D eigenvalue weighted by molar-refractivity contribution is 0.226. The second-order valence-corrected chi connectivity index (χ2v) is 5.27. The number of aliphatic hydroxyl groups excluding tert-OH is 1. The van der Waals surface area contributed by atoms with E-state index in [0.717, 1.165) is 16.8 Å². The largest absolute Gasteiger partial charge is 0.468 e. The van der Waals surface area contributed by atoms with Gasteiger partial charge in [0.1, 0.15) is 5.76 Å². The van der Waals surface area contributed by atoms with Gasteiger partial charge in [0.05, 0.1) is 18.9 Å². The minimum atomic E-state index is -0.143. The Kier molecular flexibility index (Phi) is 4.17. The average molecular weight is 302 g/mol. The van der Waals surface area contributed by atoms with Gasteiger partial charge in [0, 0.05) is 21.3 Å². The van der Waals surface area contributed by atoms with Crippen LogP contribution in [0.25, 0.3) is 0 Å². The van der Waals surface area contributed by atoms with Crippen molar-refractivity contribution in [2.75, 3.05) is 6.61 Å². The highest BCUT2D eigenvalue weighted by Gasteiger charge is 2.12. The van der Waals surface area contributed by atoms with Crippen molar-refractivity contribution in [3.05, 3.63) is 45.0 Å². The maximum absolute atomic E-state index is 9.25. The molecule has 0 saturated carbocycles. The molecule has 86 valence electrons. The molecular weight excluding hydrogens is 290 g/mol. The highest BCUT2D eigenvalue weighted by Crippen LogP contribution is 2.21. The summed E-state index contributed by atoms with van der Waals surface area (Å²) in [5.74, 6) is 0.762. The Labute approximate surface area is 106 Å². The van der Waals surface area contributed by atoms with Gasteiger partial charge in [-0.1, -0.05) is 0 Å². The molecule has 0 spiro atoms. The average Bonchev–Trinajstić information content (AvgIpc) is 2.91. The van der Waals surface area contributed by atoms with Crippen LogP contribution in [-0.2, 0) is 6.54 Å². The standard InChI is InChI=1S/C11H12BrNO2S/c12-8-4-9(16-7-8)5-13-10(6-14)11-2-1-3-15-11/h1-4,7,10,13-14H,5-6H2. The smallest absolute Gasteiger partial charge is 0.123 e. The third kappa shape index (κ3) is 2.95. The molecule has 0 bridgehead atoms. The van der Waals surface area contributed by atoms with E-state index in [1.54, 1.807) is 17.6 Å². The van der Waals surface area contributed by atoms with Gasteiger partial charge in [-0.25, -0.2) is 0 Å². The number of aliphatic hydroxyl groups is 1. The molecule has 2 rings (SSSR count). The van der Waals surface area contributed by atoms with E-state index in [0.29, 0.717) is 0 Å². The van der Waals surface area contributed by atoms with Gasteiger partial charge in [0.25, 0.3) is 0 Å². The summed E-state index contributed by atoms with van der Waals surface area (Å²) in [4.78, 5) is 1.22. The summed E-state index contributed by atoms with van der Waals surface area (Å²) in [5.41, 5.74) is 0. The molecule has 0 aromatic carbocycles. The van der Waals surface area contributed by atoms with Crippen LogP contribution in [0.4, 0.5) is 0 Å². The Morgan fingerprint density at radius 3 is 3.00 bits per heavy atom. The van der Waals surface area contributed by atoms with E-state index < -0.39 is 0 Å². The van der Waals surface area contributed by atoms with Crippen molar-refractivity contribution in [3.63, 3.8) is 0 Å². The summed E-state index contributed by atoms with van der Waals surface area (Å²) in [6, 6.07) is 5.60. The minimum Gasteiger partial charge on any atom is -0.468 e. The number of thiophene rings is 1. The lowest BCUT2D eigenvalue weighted by Crippen LogP contribution is -2.23. The van der Waals surface area contributed by atoms with Crippen molar-refractivity contribution in [1.29, 1.82) is 0 Å². The lowest BCUT2D eigenvalue weighted by Gasteiger charge is -2.12. The summed E-state index contributed by atoms with van der Waals surface area (Å²) in [7, 11) is 0. The van der Waals surface area contributed by atoms with E-state index in [1.807, 2.05) is 17.5 Å². The van der Waals surface area contributed by atoms with Gasteiger partial charge >= 0.3 is 0 Å². The Morgan fingerprint density at radius 2 is 2.44 bits per heavy atom. The molecule has 0 amide bonds. The molecule has 2 aromatic heterocycles. The SMILES string of the molecule is OCC(NCc1cc(Br)cs1)c1ccco1. The van der Waals surface area contributed by atoms with Gasteiger partial charge in [-0.2, -0.15) is 0 Å². The molecule has 1 atom stereocenters. The number of hydrogen-bond acceptors (Lipinski definition) is 4. The minimum absolute atomic E-state index is 0.0278. The summed E-state index contributed by atoms with van der Waals surface area (Å²) < 4.78 is 6.34. The number of furan rings is 1. The molecule has 2 aromatic rings. The fourth-order valence-corrected chi connectivity index (χ4v) is 2.82. The second-order valence-electron chi connectivity index (χ2n) is 3.36. The first-order chi connectivity index (χ1) is 7.79. The molecule has 0 fully saturated rings. The van der Waals surface area contributed by atoms with Crippen LogP contribution in [0.1, 0.15) is 16.7 Å². The Morgan fingerprint density at radius 1 is 1.56 bits per heavy atom. The summed E-state index contributed by atoms with van der Waals surface area (Å²) in [6.45, 7) is 0.752. The Balaban J connectivity index is 1.93. The van der Waals surface area contributed by atoms with E-state index in [2.05, 4.69) is 27.3 Å². The van der Waals surface area contributed by atoms with Crippen LogP contribution in [0.15, 0.2) is 38.7 Å². The first kappa shape index (κ1) is 11.9. The van der Waals surface area contributed by atoms with Crippen molar-refractivity contribution < 1.29 is 9.52 Å². The molecule has 0 aliphatic rings. The third-order valence-corrected chi connectivity index (χ3v) is 3.91. The van der Waals surface area contributed by atoms with Gasteiger partial charge in [-0.3, -0.25) is 0 Å². The Bertz CT molecular complexity index is 427. The zero-order chi connectivity index (χ0) is 11.4. The van der Waals surface area contributed by atoms with Gasteiger partial charge < -0.3 is 14.8 Å². The number of nitrogens with one attached hydrogen (secondary N) is 1. The maximum atomic E-state index is 9.25.